The van der Waals surface area contributed by atoms with Crippen molar-refractivity contribution in [3.8, 4) is 0 Å². The number of nitrogens with one attached hydrogen (secondary N) is 1. The Labute approximate surface area is 140 Å². The van der Waals surface area contributed by atoms with Crippen LogP contribution in [0.1, 0.15) is 28.8 Å². The van der Waals surface area contributed by atoms with Crippen LogP contribution in [0.2, 0.25) is 0 Å². The molecule has 1 aliphatic carbocycles. The lowest BCUT2D eigenvalue weighted by Gasteiger charge is -2.22. The molecule has 1 fully saturated rings. The molecule has 0 aliphatic heterocycles. The SMILES string of the molecule is O=C(c1cncnc1)N(CCc1c[nH]c2ccccc12)CC1CC1. The number of nitrogens with zero attached hydrogens (tertiary/aromatic N) is 3. The molecular weight excluding hydrogens is 300 g/mol. The highest BCUT2D eigenvalue weighted by atomic mass is 16.2. The number of fused-ring (bicyclic) bond motifs is 1. The Morgan fingerprint density at radius 3 is 2.79 bits per heavy atom. The summed E-state index contributed by atoms with van der Waals surface area (Å²) in [5.74, 6) is 0.684. The molecule has 0 unspecified atom stereocenters. The average Bonchev–Trinajstić information content (AvgIpc) is 3.37. The highest BCUT2D eigenvalue weighted by Crippen LogP contribution is 2.30. The third kappa shape index (κ3) is 3.15. The number of hydrogen-bond donors (Lipinski definition) is 1. The molecule has 1 saturated carbocycles. The van der Waals surface area contributed by atoms with Crippen molar-refractivity contribution >= 4 is 16.8 Å². The number of carbonyl (C=O) groups excluding carboxylic acids is 1. The molecule has 0 saturated heterocycles. The Bertz CT molecular complexity index is 839. The Kier molecular flexibility index (Phi) is 3.99. The predicted octanol–water partition coefficient (Wildman–Crippen LogP) is 3.05. The minimum Gasteiger partial charge on any atom is -0.361 e. The minimum absolute atomic E-state index is 0.0299. The number of benzene rings is 1. The monoisotopic (exact) mass is 320 g/mol. The van der Waals surface area contributed by atoms with Crippen LogP contribution in [0.5, 0.6) is 0 Å². The number of carbonyl (C=O) groups is 1. The van der Waals surface area contributed by atoms with Gasteiger partial charge in [-0.1, -0.05) is 18.2 Å². The summed E-state index contributed by atoms with van der Waals surface area (Å²) in [4.78, 5) is 26.0. The van der Waals surface area contributed by atoms with E-state index in [0.29, 0.717) is 18.0 Å². The van der Waals surface area contributed by atoms with Crippen molar-refractivity contribution in [2.75, 3.05) is 13.1 Å². The van der Waals surface area contributed by atoms with Crippen LogP contribution < -0.4 is 0 Å². The molecular formula is C19H20N4O. The molecule has 0 spiro atoms. The molecule has 2 heterocycles. The largest absolute Gasteiger partial charge is 0.361 e. The topological polar surface area (TPSA) is 61.9 Å². The molecule has 0 bridgehead atoms. The van der Waals surface area contributed by atoms with Crippen LogP contribution in [-0.4, -0.2) is 38.8 Å². The fourth-order valence-corrected chi connectivity index (χ4v) is 3.07. The molecule has 2 aromatic heterocycles. The molecule has 1 aromatic carbocycles. The second-order valence-electron chi connectivity index (χ2n) is 6.43. The van der Waals surface area contributed by atoms with E-state index >= 15 is 0 Å². The molecule has 24 heavy (non-hydrogen) atoms. The van der Waals surface area contributed by atoms with Gasteiger partial charge in [0.25, 0.3) is 5.91 Å². The lowest BCUT2D eigenvalue weighted by molar-refractivity contribution is 0.0749. The first-order chi connectivity index (χ1) is 11.8. The summed E-state index contributed by atoms with van der Waals surface area (Å²) in [5.41, 5.74) is 2.96. The van der Waals surface area contributed by atoms with Gasteiger partial charge in [0.15, 0.2) is 0 Å². The number of aromatic amines is 1. The predicted molar refractivity (Wildman–Crippen MR) is 92.7 cm³/mol. The third-order valence-corrected chi connectivity index (χ3v) is 4.60. The summed E-state index contributed by atoms with van der Waals surface area (Å²) < 4.78 is 0. The summed E-state index contributed by atoms with van der Waals surface area (Å²) in [6.45, 7) is 1.54. The zero-order valence-corrected chi connectivity index (χ0v) is 13.5. The van der Waals surface area contributed by atoms with Gasteiger partial charge in [-0.15, -0.1) is 0 Å². The normalized spacial score (nSPS) is 14.0. The molecule has 0 atom stereocenters. The van der Waals surface area contributed by atoms with Crippen molar-refractivity contribution < 1.29 is 4.79 Å². The van der Waals surface area contributed by atoms with Crippen molar-refractivity contribution in [2.24, 2.45) is 5.92 Å². The van der Waals surface area contributed by atoms with Crippen LogP contribution in [0.25, 0.3) is 10.9 Å². The quantitative estimate of drug-likeness (QED) is 0.759. The summed E-state index contributed by atoms with van der Waals surface area (Å²) in [6, 6.07) is 8.28. The van der Waals surface area contributed by atoms with Crippen LogP contribution in [0.15, 0.2) is 49.2 Å². The maximum atomic E-state index is 12.8. The molecule has 0 radical (unpaired) electrons. The van der Waals surface area contributed by atoms with Gasteiger partial charge < -0.3 is 9.88 Å². The van der Waals surface area contributed by atoms with E-state index in [1.54, 1.807) is 12.4 Å². The van der Waals surface area contributed by atoms with E-state index in [1.807, 2.05) is 17.0 Å². The smallest absolute Gasteiger partial charge is 0.257 e. The van der Waals surface area contributed by atoms with E-state index in [-0.39, 0.29) is 5.91 Å². The number of amides is 1. The van der Waals surface area contributed by atoms with E-state index in [2.05, 4.69) is 33.3 Å². The van der Waals surface area contributed by atoms with Crippen LogP contribution in [0.3, 0.4) is 0 Å². The van der Waals surface area contributed by atoms with Gasteiger partial charge in [-0.25, -0.2) is 9.97 Å². The van der Waals surface area contributed by atoms with Gasteiger partial charge in [0.05, 0.1) is 5.56 Å². The van der Waals surface area contributed by atoms with Gasteiger partial charge in [-0.05, 0) is 36.8 Å². The lowest BCUT2D eigenvalue weighted by Crippen LogP contribution is -2.34. The average molecular weight is 320 g/mol. The zero-order chi connectivity index (χ0) is 16.4. The Balaban J connectivity index is 1.50. The van der Waals surface area contributed by atoms with E-state index in [1.165, 1.54) is 30.1 Å². The van der Waals surface area contributed by atoms with E-state index < -0.39 is 0 Å². The second-order valence-corrected chi connectivity index (χ2v) is 6.43. The van der Waals surface area contributed by atoms with E-state index in [4.69, 9.17) is 0 Å². The van der Waals surface area contributed by atoms with Gasteiger partial charge in [0, 0.05) is 42.6 Å². The number of H-pyrrole nitrogens is 1. The fourth-order valence-electron chi connectivity index (χ4n) is 3.07. The molecule has 1 amide bonds. The lowest BCUT2D eigenvalue weighted by atomic mass is 10.1. The van der Waals surface area contributed by atoms with Gasteiger partial charge >= 0.3 is 0 Å². The first-order valence-electron chi connectivity index (χ1n) is 8.40. The minimum atomic E-state index is 0.0299. The van der Waals surface area contributed by atoms with Crippen LogP contribution in [-0.2, 0) is 6.42 Å². The van der Waals surface area contributed by atoms with Crippen LogP contribution in [0.4, 0.5) is 0 Å². The van der Waals surface area contributed by atoms with E-state index in [0.717, 1.165) is 18.5 Å². The number of aromatic nitrogens is 3. The van der Waals surface area contributed by atoms with Crippen molar-refractivity contribution in [1.82, 2.24) is 19.9 Å². The van der Waals surface area contributed by atoms with Crippen molar-refractivity contribution in [3.63, 3.8) is 0 Å². The summed E-state index contributed by atoms with van der Waals surface area (Å²) in [5, 5.41) is 1.24. The summed E-state index contributed by atoms with van der Waals surface area (Å²) in [6.07, 6.45) is 9.99. The molecule has 5 nitrogen and oxygen atoms in total. The van der Waals surface area contributed by atoms with Gasteiger partial charge in [0.2, 0.25) is 0 Å². The maximum Gasteiger partial charge on any atom is 0.257 e. The Hall–Kier alpha value is -2.69. The third-order valence-electron chi connectivity index (χ3n) is 4.60. The molecule has 1 N–H and O–H groups in total. The first-order valence-corrected chi connectivity index (χ1v) is 8.40. The molecule has 122 valence electrons. The van der Waals surface area contributed by atoms with Gasteiger partial charge in [-0.2, -0.15) is 0 Å². The summed E-state index contributed by atoms with van der Waals surface area (Å²) >= 11 is 0. The van der Waals surface area contributed by atoms with Gasteiger partial charge in [-0.3, -0.25) is 4.79 Å². The highest BCUT2D eigenvalue weighted by molar-refractivity contribution is 5.93. The molecule has 5 heteroatoms. The molecule has 3 aromatic rings. The maximum absolute atomic E-state index is 12.8. The second kappa shape index (κ2) is 6.43. The number of rotatable bonds is 6. The van der Waals surface area contributed by atoms with Crippen LogP contribution >= 0.6 is 0 Å². The fraction of sp³-hybridized carbons (Fsp3) is 0.316. The van der Waals surface area contributed by atoms with Crippen molar-refractivity contribution in [1.29, 1.82) is 0 Å². The van der Waals surface area contributed by atoms with E-state index in [9.17, 15) is 4.79 Å². The molecule has 1 aliphatic rings. The first kappa shape index (κ1) is 14.9. The Morgan fingerprint density at radius 2 is 2.00 bits per heavy atom. The number of para-hydroxylation sites is 1. The number of hydrogen-bond acceptors (Lipinski definition) is 3. The van der Waals surface area contributed by atoms with Gasteiger partial charge in [0.1, 0.15) is 6.33 Å². The van der Waals surface area contributed by atoms with Crippen LogP contribution in [0, 0.1) is 5.92 Å². The molecule has 4 rings (SSSR count). The highest BCUT2D eigenvalue weighted by Gasteiger charge is 2.27. The Morgan fingerprint density at radius 1 is 1.21 bits per heavy atom. The standard InChI is InChI=1S/C19H20N4O/c24-19(16-9-20-13-21-10-16)23(12-14-5-6-14)8-7-15-11-22-18-4-2-1-3-17(15)18/h1-4,9-11,13-14,22H,5-8,12H2. The van der Waals surface area contributed by atoms with Crippen molar-refractivity contribution in [3.05, 3.63) is 60.3 Å². The summed E-state index contributed by atoms with van der Waals surface area (Å²) in [7, 11) is 0. The zero-order valence-electron chi connectivity index (χ0n) is 13.5. The van der Waals surface area contributed by atoms with Crippen molar-refractivity contribution in [2.45, 2.75) is 19.3 Å².